The van der Waals surface area contributed by atoms with Crippen molar-refractivity contribution in [2.75, 3.05) is 18.0 Å². The minimum Gasteiger partial charge on any atom is -0.338 e. The molecule has 1 fully saturated rings. The molecule has 3 rings (SSSR count). The number of fused-ring (bicyclic) bond motifs is 1. The van der Waals surface area contributed by atoms with Crippen molar-refractivity contribution in [3.05, 3.63) is 24.3 Å². The molecular weight excluding hydrogens is 202 g/mol. The second-order valence-electron chi connectivity index (χ2n) is 4.10. The van der Waals surface area contributed by atoms with Gasteiger partial charge < -0.3 is 10.6 Å². The maximum absolute atomic E-state index is 5.86. The van der Waals surface area contributed by atoms with E-state index in [1.807, 2.05) is 24.3 Å². The molecule has 1 aromatic heterocycles. The van der Waals surface area contributed by atoms with Crippen LogP contribution in [0.5, 0.6) is 0 Å². The smallest absolute Gasteiger partial charge is 0.245 e. The molecule has 16 heavy (non-hydrogen) atoms. The normalized spacial score (nSPS) is 20.6. The molecule has 0 spiro atoms. The summed E-state index contributed by atoms with van der Waals surface area (Å²) < 4.78 is 0. The van der Waals surface area contributed by atoms with E-state index in [0.717, 1.165) is 30.5 Å². The molecular formula is C11H13N5. The van der Waals surface area contributed by atoms with Gasteiger partial charge in [0.15, 0.2) is 0 Å². The Kier molecular flexibility index (Phi) is 2.18. The fourth-order valence-electron chi connectivity index (χ4n) is 1.97. The molecule has 1 atom stereocenters. The molecule has 1 aromatic carbocycles. The average molecular weight is 215 g/mol. The van der Waals surface area contributed by atoms with E-state index in [2.05, 4.69) is 20.1 Å². The number of benzene rings is 1. The second kappa shape index (κ2) is 3.68. The highest BCUT2D eigenvalue weighted by atomic mass is 15.3. The van der Waals surface area contributed by atoms with Crippen molar-refractivity contribution in [1.82, 2.24) is 15.2 Å². The number of hydrogen-bond acceptors (Lipinski definition) is 5. The summed E-state index contributed by atoms with van der Waals surface area (Å²) in [6, 6.07) is 7.98. The molecule has 0 aliphatic carbocycles. The van der Waals surface area contributed by atoms with Crippen LogP contribution in [0.4, 0.5) is 5.95 Å². The summed E-state index contributed by atoms with van der Waals surface area (Å²) in [6.07, 6.45) is 0.996. The van der Waals surface area contributed by atoms with Crippen LogP contribution < -0.4 is 10.6 Å². The van der Waals surface area contributed by atoms with Gasteiger partial charge in [0.05, 0.1) is 5.52 Å². The molecule has 1 aliphatic heterocycles. The lowest BCUT2D eigenvalue weighted by atomic mass is 10.3. The van der Waals surface area contributed by atoms with Gasteiger partial charge >= 0.3 is 0 Å². The van der Waals surface area contributed by atoms with Crippen molar-refractivity contribution in [2.24, 2.45) is 5.73 Å². The van der Waals surface area contributed by atoms with Crippen LogP contribution in [0.1, 0.15) is 6.42 Å². The number of aromatic nitrogens is 3. The predicted octanol–water partition coefficient (Wildman–Crippen LogP) is 0.562. The Morgan fingerprint density at radius 1 is 1.19 bits per heavy atom. The van der Waals surface area contributed by atoms with E-state index >= 15 is 0 Å². The lowest BCUT2D eigenvalue weighted by Gasteiger charge is -2.14. The second-order valence-corrected chi connectivity index (χ2v) is 4.10. The van der Waals surface area contributed by atoms with Crippen LogP contribution >= 0.6 is 0 Å². The van der Waals surface area contributed by atoms with Crippen molar-refractivity contribution in [3.8, 4) is 0 Å². The highest BCUT2D eigenvalue weighted by Gasteiger charge is 2.21. The number of nitrogens with zero attached hydrogens (tertiary/aromatic N) is 4. The third kappa shape index (κ3) is 1.59. The Bertz CT molecular complexity index is 512. The number of hydrogen-bond donors (Lipinski definition) is 1. The van der Waals surface area contributed by atoms with Gasteiger partial charge in [-0.05, 0) is 18.6 Å². The van der Waals surface area contributed by atoms with Gasteiger partial charge in [0.25, 0.3) is 0 Å². The summed E-state index contributed by atoms with van der Waals surface area (Å²) in [5, 5.41) is 8.29. The van der Waals surface area contributed by atoms with Crippen LogP contribution in [0, 0.1) is 0 Å². The van der Waals surface area contributed by atoms with E-state index in [1.54, 1.807) is 0 Å². The Morgan fingerprint density at radius 2 is 2.00 bits per heavy atom. The van der Waals surface area contributed by atoms with Gasteiger partial charge in [-0.2, -0.15) is 0 Å². The number of anilines is 1. The molecule has 1 aliphatic rings. The van der Waals surface area contributed by atoms with Gasteiger partial charge in [-0.1, -0.05) is 12.1 Å². The fraction of sp³-hybridized carbons (Fsp3) is 0.364. The molecule has 0 saturated carbocycles. The molecule has 0 radical (unpaired) electrons. The molecule has 0 amide bonds. The summed E-state index contributed by atoms with van der Waals surface area (Å²) in [5.41, 5.74) is 7.57. The minimum atomic E-state index is 0.232. The van der Waals surface area contributed by atoms with E-state index in [9.17, 15) is 0 Å². The van der Waals surface area contributed by atoms with E-state index in [1.165, 1.54) is 0 Å². The van der Waals surface area contributed by atoms with E-state index < -0.39 is 0 Å². The van der Waals surface area contributed by atoms with Crippen molar-refractivity contribution >= 4 is 17.0 Å². The zero-order valence-electron chi connectivity index (χ0n) is 8.87. The maximum Gasteiger partial charge on any atom is 0.245 e. The first kappa shape index (κ1) is 9.47. The largest absolute Gasteiger partial charge is 0.338 e. The Balaban J connectivity index is 1.99. The Labute approximate surface area is 93.3 Å². The molecule has 2 N–H and O–H groups in total. The average Bonchev–Trinajstić information content (AvgIpc) is 2.75. The molecule has 0 bridgehead atoms. The van der Waals surface area contributed by atoms with Crippen LogP contribution in [0.25, 0.3) is 11.0 Å². The maximum atomic E-state index is 5.86. The monoisotopic (exact) mass is 215 g/mol. The van der Waals surface area contributed by atoms with Crippen LogP contribution in [0.3, 0.4) is 0 Å². The molecule has 5 nitrogen and oxygen atoms in total. The van der Waals surface area contributed by atoms with Crippen molar-refractivity contribution in [1.29, 1.82) is 0 Å². The summed E-state index contributed by atoms with van der Waals surface area (Å²) >= 11 is 0. The van der Waals surface area contributed by atoms with Gasteiger partial charge in [-0.15, -0.1) is 10.2 Å². The van der Waals surface area contributed by atoms with Gasteiger partial charge in [-0.25, -0.2) is 4.98 Å². The van der Waals surface area contributed by atoms with Crippen molar-refractivity contribution in [3.63, 3.8) is 0 Å². The highest BCUT2D eigenvalue weighted by molar-refractivity contribution is 5.74. The summed E-state index contributed by atoms with van der Waals surface area (Å²) in [6.45, 7) is 1.74. The highest BCUT2D eigenvalue weighted by Crippen LogP contribution is 2.16. The first-order valence-electron chi connectivity index (χ1n) is 5.43. The Morgan fingerprint density at radius 3 is 2.75 bits per heavy atom. The van der Waals surface area contributed by atoms with Crippen LogP contribution in [-0.4, -0.2) is 34.3 Å². The van der Waals surface area contributed by atoms with Crippen molar-refractivity contribution < 1.29 is 0 Å². The topological polar surface area (TPSA) is 67.9 Å². The SMILES string of the molecule is NC1CCN(c2nnc3ccccc3n2)C1. The zero-order chi connectivity index (χ0) is 11.0. The van der Waals surface area contributed by atoms with Gasteiger partial charge in [-0.3, -0.25) is 0 Å². The van der Waals surface area contributed by atoms with Crippen LogP contribution in [-0.2, 0) is 0 Å². The molecule has 2 heterocycles. The molecule has 5 heteroatoms. The van der Waals surface area contributed by atoms with E-state index in [-0.39, 0.29) is 6.04 Å². The minimum absolute atomic E-state index is 0.232. The number of para-hydroxylation sites is 1. The van der Waals surface area contributed by atoms with Gasteiger partial charge in [0, 0.05) is 19.1 Å². The third-order valence-electron chi connectivity index (χ3n) is 2.86. The lowest BCUT2D eigenvalue weighted by molar-refractivity contribution is 0.749. The third-order valence-corrected chi connectivity index (χ3v) is 2.86. The van der Waals surface area contributed by atoms with Gasteiger partial charge in [0.1, 0.15) is 5.52 Å². The summed E-state index contributed by atoms with van der Waals surface area (Å²) in [5.74, 6) is 0.687. The summed E-state index contributed by atoms with van der Waals surface area (Å²) in [4.78, 5) is 6.58. The first-order valence-corrected chi connectivity index (χ1v) is 5.43. The molecule has 1 saturated heterocycles. The van der Waals surface area contributed by atoms with E-state index in [4.69, 9.17) is 5.73 Å². The first-order chi connectivity index (χ1) is 7.83. The lowest BCUT2D eigenvalue weighted by Crippen LogP contribution is -2.27. The van der Waals surface area contributed by atoms with Crippen LogP contribution in [0.15, 0.2) is 24.3 Å². The summed E-state index contributed by atoms with van der Waals surface area (Å²) in [7, 11) is 0. The van der Waals surface area contributed by atoms with E-state index in [0.29, 0.717) is 5.95 Å². The zero-order valence-corrected chi connectivity index (χ0v) is 8.87. The predicted molar refractivity (Wildman–Crippen MR) is 62.1 cm³/mol. The van der Waals surface area contributed by atoms with Gasteiger partial charge in [0.2, 0.25) is 5.95 Å². The fourth-order valence-corrected chi connectivity index (χ4v) is 1.97. The molecule has 2 aromatic rings. The van der Waals surface area contributed by atoms with Crippen LogP contribution in [0.2, 0.25) is 0 Å². The standard InChI is InChI=1S/C11H13N5/c12-8-5-6-16(7-8)11-13-9-3-1-2-4-10(9)14-15-11/h1-4,8H,5-7,12H2. The quantitative estimate of drug-likeness (QED) is 0.753. The van der Waals surface area contributed by atoms with Crippen molar-refractivity contribution in [2.45, 2.75) is 12.5 Å². The number of rotatable bonds is 1. The Hall–Kier alpha value is -1.75. The molecule has 1 unspecified atom stereocenters. The number of nitrogens with two attached hydrogens (primary N) is 1. The molecule has 82 valence electrons.